The number of allylic oxidation sites excluding steroid dienone is 1. The van der Waals surface area contributed by atoms with E-state index in [2.05, 4.69) is 52.9 Å². The predicted molar refractivity (Wildman–Crippen MR) is 56.8 cm³/mol. The van der Waals surface area contributed by atoms with Gasteiger partial charge >= 0.3 is 0 Å². The molecule has 0 N–H and O–H groups in total. The fraction of sp³-hybridized carbons (Fsp3) is 0.200. The van der Waals surface area contributed by atoms with Gasteiger partial charge in [0.05, 0.1) is 0 Å². The second kappa shape index (κ2) is 2.97. The van der Waals surface area contributed by atoms with Crippen molar-refractivity contribution in [3.8, 4) is 0 Å². The Morgan fingerprint density at radius 2 is 2.00 bits per heavy atom. The van der Waals surface area contributed by atoms with Gasteiger partial charge in [-0.15, -0.1) is 0 Å². The van der Waals surface area contributed by atoms with Gasteiger partial charge in [-0.05, 0) is 46.6 Å². The molecule has 0 saturated heterocycles. The molecule has 1 aliphatic carbocycles. The van der Waals surface area contributed by atoms with Crippen molar-refractivity contribution in [2.75, 3.05) is 0 Å². The number of fused-ring (bicyclic) bond motifs is 1. The summed E-state index contributed by atoms with van der Waals surface area (Å²) in [5.74, 6) is 0. The molecule has 0 spiro atoms. The third-order valence-electron chi connectivity index (χ3n) is 2.01. The summed E-state index contributed by atoms with van der Waals surface area (Å²) < 4.78 is 1.41. The number of hydrogen-bond donors (Lipinski definition) is 0. The SMILES string of the molecule is IC1=CCCc2ccccc21. The van der Waals surface area contributed by atoms with E-state index in [1.54, 1.807) is 0 Å². The van der Waals surface area contributed by atoms with Gasteiger partial charge in [0.25, 0.3) is 0 Å². The number of halogens is 1. The Morgan fingerprint density at radius 1 is 1.18 bits per heavy atom. The van der Waals surface area contributed by atoms with Crippen LogP contribution in [0, 0.1) is 0 Å². The maximum Gasteiger partial charge on any atom is 0.0165 e. The topological polar surface area (TPSA) is 0 Å². The highest BCUT2D eigenvalue weighted by molar-refractivity contribution is 14.1. The monoisotopic (exact) mass is 256 g/mol. The van der Waals surface area contributed by atoms with E-state index in [0.29, 0.717) is 0 Å². The van der Waals surface area contributed by atoms with Gasteiger partial charge in [-0.3, -0.25) is 0 Å². The molecule has 0 saturated carbocycles. The average Bonchev–Trinajstić information content (AvgIpc) is 2.06. The minimum atomic E-state index is 1.20. The van der Waals surface area contributed by atoms with Crippen LogP contribution in [0.15, 0.2) is 30.3 Å². The average molecular weight is 256 g/mol. The molecule has 1 heteroatoms. The molecule has 0 nitrogen and oxygen atoms in total. The van der Waals surface area contributed by atoms with Crippen molar-refractivity contribution in [3.63, 3.8) is 0 Å². The van der Waals surface area contributed by atoms with Gasteiger partial charge in [-0.2, -0.15) is 0 Å². The summed E-state index contributed by atoms with van der Waals surface area (Å²) in [5.41, 5.74) is 2.93. The Morgan fingerprint density at radius 3 is 2.82 bits per heavy atom. The molecular weight excluding hydrogens is 247 g/mol. The minimum absolute atomic E-state index is 1.20. The highest BCUT2D eigenvalue weighted by atomic mass is 127. The van der Waals surface area contributed by atoms with Gasteiger partial charge in [0.1, 0.15) is 0 Å². The highest BCUT2D eigenvalue weighted by Crippen LogP contribution is 2.30. The largest absolute Gasteiger partial charge is 0.0702 e. The molecule has 0 aromatic heterocycles. The molecule has 0 atom stereocenters. The van der Waals surface area contributed by atoms with Crippen LogP contribution in [0.3, 0.4) is 0 Å². The quantitative estimate of drug-likeness (QED) is 0.624. The lowest BCUT2D eigenvalue weighted by molar-refractivity contribution is 0.985. The number of rotatable bonds is 0. The Balaban J connectivity index is 2.56. The van der Waals surface area contributed by atoms with Crippen LogP contribution in [-0.4, -0.2) is 0 Å². The van der Waals surface area contributed by atoms with E-state index in [4.69, 9.17) is 0 Å². The third-order valence-corrected chi connectivity index (χ3v) is 3.03. The first-order valence-electron chi connectivity index (χ1n) is 3.82. The van der Waals surface area contributed by atoms with E-state index in [1.165, 1.54) is 27.5 Å². The van der Waals surface area contributed by atoms with Crippen molar-refractivity contribution in [1.29, 1.82) is 0 Å². The Bertz CT molecular complexity index is 299. The summed E-state index contributed by atoms with van der Waals surface area (Å²) in [6.45, 7) is 0. The van der Waals surface area contributed by atoms with Crippen molar-refractivity contribution in [1.82, 2.24) is 0 Å². The molecule has 1 aliphatic rings. The summed E-state index contributed by atoms with van der Waals surface area (Å²) in [6.07, 6.45) is 4.72. The molecule has 0 heterocycles. The summed E-state index contributed by atoms with van der Waals surface area (Å²) in [7, 11) is 0. The smallest absolute Gasteiger partial charge is 0.0165 e. The maximum atomic E-state index is 2.41. The van der Waals surface area contributed by atoms with Gasteiger partial charge in [0.2, 0.25) is 0 Å². The van der Waals surface area contributed by atoms with E-state index < -0.39 is 0 Å². The fourth-order valence-corrected chi connectivity index (χ4v) is 2.27. The first-order valence-corrected chi connectivity index (χ1v) is 4.90. The van der Waals surface area contributed by atoms with Crippen molar-refractivity contribution in [2.24, 2.45) is 0 Å². The molecule has 0 fully saturated rings. The first kappa shape index (κ1) is 7.35. The van der Waals surface area contributed by atoms with E-state index in [-0.39, 0.29) is 0 Å². The maximum absolute atomic E-state index is 2.41. The normalized spacial score (nSPS) is 15.5. The van der Waals surface area contributed by atoms with Gasteiger partial charge in [-0.1, -0.05) is 30.3 Å². The van der Waals surface area contributed by atoms with Crippen LogP contribution in [0.4, 0.5) is 0 Å². The molecular formula is C10H9I. The molecule has 0 aliphatic heterocycles. The third kappa shape index (κ3) is 1.34. The number of aryl methyl sites for hydroxylation is 1. The van der Waals surface area contributed by atoms with Crippen LogP contribution >= 0.6 is 22.6 Å². The standard InChI is InChI=1S/C10H9I/c11-10-7-3-5-8-4-1-2-6-9(8)10/h1-2,4,6-7H,3,5H2. The van der Waals surface area contributed by atoms with E-state index >= 15 is 0 Å². The van der Waals surface area contributed by atoms with Crippen molar-refractivity contribution in [2.45, 2.75) is 12.8 Å². The fourth-order valence-electron chi connectivity index (χ4n) is 1.44. The molecule has 0 unspecified atom stereocenters. The first-order chi connectivity index (χ1) is 5.38. The number of hydrogen-bond acceptors (Lipinski definition) is 0. The van der Waals surface area contributed by atoms with Gasteiger partial charge in [-0.25, -0.2) is 0 Å². The van der Waals surface area contributed by atoms with Crippen molar-refractivity contribution < 1.29 is 0 Å². The Kier molecular flexibility index (Phi) is 1.98. The van der Waals surface area contributed by atoms with Crippen molar-refractivity contribution in [3.05, 3.63) is 41.5 Å². The van der Waals surface area contributed by atoms with Crippen LogP contribution in [-0.2, 0) is 6.42 Å². The van der Waals surface area contributed by atoms with Crippen LogP contribution in [0.5, 0.6) is 0 Å². The van der Waals surface area contributed by atoms with Crippen LogP contribution in [0.1, 0.15) is 17.5 Å². The molecule has 0 bridgehead atoms. The van der Waals surface area contributed by atoms with Crippen LogP contribution in [0.25, 0.3) is 3.58 Å². The van der Waals surface area contributed by atoms with Gasteiger partial charge < -0.3 is 0 Å². The summed E-state index contributed by atoms with van der Waals surface area (Å²) in [6, 6.07) is 8.65. The summed E-state index contributed by atoms with van der Waals surface area (Å²) >= 11 is 2.41. The Labute approximate surface area is 80.5 Å². The molecule has 11 heavy (non-hydrogen) atoms. The van der Waals surface area contributed by atoms with Gasteiger partial charge in [0.15, 0.2) is 0 Å². The van der Waals surface area contributed by atoms with E-state index in [0.717, 1.165) is 0 Å². The van der Waals surface area contributed by atoms with E-state index in [9.17, 15) is 0 Å². The predicted octanol–water partition coefficient (Wildman–Crippen LogP) is 3.41. The lowest BCUT2D eigenvalue weighted by Crippen LogP contribution is -1.94. The van der Waals surface area contributed by atoms with Gasteiger partial charge in [0, 0.05) is 3.58 Å². The van der Waals surface area contributed by atoms with Crippen LogP contribution in [0.2, 0.25) is 0 Å². The summed E-state index contributed by atoms with van der Waals surface area (Å²) in [5, 5.41) is 0. The second-order valence-electron chi connectivity index (χ2n) is 2.75. The van der Waals surface area contributed by atoms with E-state index in [1.807, 2.05) is 0 Å². The molecule has 0 amide bonds. The zero-order valence-corrected chi connectivity index (χ0v) is 8.34. The molecule has 2 rings (SSSR count). The molecule has 0 radical (unpaired) electrons. The van der Waals surface area contributed by atoms with Crippen molar-refractivity contribution >= 4 is 26.2 Å². The lowest BCUT2D eigenvalue weighted by Gasteiger charge is -2.12. The summed E-state index contributed by atoms with van der Waals surface area (Å²) in [4.78, 5) is 0. The number of benzene rings is 1. The zero-order valence-electron chi connectivity index (χ0n) is 6.18. The molecule has 56 valence electrons. The van der Waals surface area contributed by atoms with Crippen LogP contribution < -0.4 is 0 Å². The molecule has 1 aromatic rings. The highest BCUT2D eigenvalue weighted by Gasteiger charge is 2.07. The molecule has 1 aromatic carbocycles. The zero-order chi connectivity index (χ0) is 7.68. The minimum Gasteiger partial charge on any atom is -0.0702 e. The second-order valence-corrected chi connectivity index (χ2v) is 3.91. The lowest BCUT2D eigenvalue weighted by atomic mass is 9.98. The Hall–Kier alpha value is -0.310.